The third kappa shape index (κ3) is 121. The van der Waals surface area contributed by atoms with Crippen LogP contribution in [-0.2, 0) is 49.8 Å². The van der Waals surface area contributed by atoms with Crippen molar-refractivity contribution in [3.05, 3.63) is 0 Å². The van der Waals surface area contributed by atoms with Crippen molar-refractivity contribution in [1.29, 1.82) is 0 Å². The van der Waals surface area contributed by atoms with Crippen LogP contribution in [0.1, 0.15) is 77.0 Å². The van der Waals surface area contributed by atoms with Gasteiger partial charge in [-0.3, -0.25) is 0 Å². The summed E-state index contributed by atoms with van der Waals surface area (Å²) in [4.78, 5) is 57.2. The van der Waals surface area contributed by atoms with Crippen LogP contribution in [0.25, 0.3) is 0 Å². The molecule has 0 spiro atoms. The van der Waals surface area contributed by atoms with Crippen LogP contribution in [0.3, 0.4) is 0 Å². The first-order valence-electron chi connectivity index (χ1n) is 12.5. The van der Waals surface area contributed by atoms with E-state index in [9.17, 15) is 59.4 Å². The normalized spacial score (nSPS) is 8.51. The second kappa shape index (κ2) is 52.0. The van der Waals surface area contributed by atoms with E-state index in [1.807, 2.05) is 0 Å². The molecule has 0 amide bonds. The maximum Gasteiger partial charge on any atom is 6.00 e. The third-order valence-electron chi connectivity index (χ3n) is 3.23. The second-order valence-corrected chi connectivity index (χ2v) is 7.20. The summed E-state index contributed by atoms with van der Waals surface area (Å²) in [6.07, 6.45) is 1.49. The monoisotopic (exact) mass is 716 g/mol. The van der Waals surface area contributed by atoms with E-state index in [0.29, 0.717) is 38.5 Å². The van der Waals surface area contributed by atoms with E-state index in [2.05, 4.69) is 0 Å². The van der Waals surface area contributed by atoms with Crippen LogP contribution in [0, 0.1) is 0 Å². The molecule has 0 aliphatic carbocycles. The molecular weight excluding hydrogens is 672 g/mol. The Labute approximate surface area is 263 Å². The molecule has 0 atom stereocenters. The van der Waals surface area contributed by atoms with Crippen molar-refractivity contribution >= 4 is 35.8 Å². The van der Waals surface area contributed by atoms with E-state index in [4.69, 9.17) is 30.6 Å². The van der Waals surface area contributed by atoms with Gasteiger partial charge in [-0.05, 0) is 77.0 Å². The van der Waals surface area contributed by atoms with Crippen molar-refractivity contribution in [3.63, 3.8) is 0 Å². The molecule has 0 saturated carbocycles. The van der Waals surface area contributed by atoms with Gasteiger partial charge in [-0.25, -0.2) is 0 Å². The predicted molar refractivity (Wildman–Crippen MR) is 128 cm³/mol. The summed E-state index contributed by atoms with van der Waals surface area (Å²) in [5, 5.41) is 105. The van der Waals surface area contributed by atoms with Gasteiger partial charge in [-0.1, -0.05) is 0 Å². The number of hydrogen-bond acceptors (Lipinski definition) is 18. The molecule has 0 aromatic rings. The summed E-state index contributed by atoms with van der Waals surface area (Å²) in [7, 11) is 0. The first kappa shape index (κ1) is 56.1. The topological polar surface area (TPSA) is 362 Å². The van der Waals surface area contributed by atoms with E-state index in [0.717, 1.165) is 0 Å². The zero-order chi connectivity index (χ0) is 34.2. The molecule has 18 nitrogen and oxygen atoms in total. The maximum atomic E-state index is 9.54. The van der Waals surface area contributed by atoms with Gasteiger partial charge in [0, 0.05) is 75.5 Å². The molecule has 252 valence electrons. The van der Waals surface area contributed by atoms with Gasteiger partial charge in [0.2, 0.25) is 0 Å². The fraction of sp³-hybridized carbons (Fsp3) is 0.750. The van der Waals surface area contributed by atoms with Crippen LogP contribution in [-0.4, -0.2) is 106 Å². The van der Waals surface area contributed by atoms with Crippen molar-refractivity contribution in [2.75, 3.05) is 39.6 Å². The number of hydrogen-bond donors (Lipinski definition) is 6. The van der Waals surface area contributed by atoms with Gasteiger partial charge in [0.15, 0.2) is 0 Å². The summed E-state index contributed by atoms with van der Waals surface area (Å²) >= 11 is 0. The average molecular weight is 715 g/mol. The molecule has 0 aromatic heterocycles. The van der Waals surface area contributed by atoms with E-state index in [1.165, 1.54) is 0 Å². The fourth-order valence-electron chi connectivity index (χ4n) is 1.34. The predicted octanol–water partition coefficient (Wildman–Crippen LogP) is -8.95. The largest absolute Gasteiger partial charge is 6.00 e. The smallest absolute Gasteiger partial charge is 0.550 e. The summed E-state index contributed by atoms with van der Waals surface area (Å²) < 4.78 is 0. The van der Waals surface area contributed by atoms with Gasteiger partial charge in [0.05, 0.1) is 0 Å². The molecule has 0 aliphatic rings. The standard InChI is InChI=1S/6C4H8O3.Mo/c6*5-3-1-2-4(6)7;/h6*5H,1-3H2,(H,6,7);/q;;;;;;+6/p-6. The van der Waals surface area contributed by atoms with Crippen LogP contribution >= 0.6 is 0 Å². The number of aliphatic carboxylic acids is 6. The SMILES string of the molecule is O=C([O-])CCCO.O=C([O-])CCCO.O=C([O-])CCCO.O=C([O-])CCCO.O=C([O-])CCCO.O=C([O-])CCCO.[Mo+6]. The van der Waals surface area contributed by atoms with Crippen molar-refractivity contribution in [1.82, 2.24) is 0 Å². The Bertz CT molecular complexity index is 506. The zero-order valence-electron chi connectivity index (χ0n) is 23.7. The molecule has 0 fully saturated rings. The van der Waals surface area contributed by atoms with E-state index < -0.39 is 35.8 Å². The number of aliphatic hydroxyl groups is 6. The van der Waals surface area contributed by atoms with Gasteiger partial charge in [-0.2, -0.15) is 0 Å². The van der Waals surface area contributed by atoms with Crippen LogP contribution in [0.15, 0.2) is 0 Å². The van der Waals surface area contributed by atoms with E-state index >= 15 is 0 Å². The number of rotatable bonds is 18. The Hall–Kier alpha value is -2.73. The van der Waals surface area contributed by atoms with Crippen LogP contribution in [0.4, 0.5) is 0 Å². The number of carboxylic acid groups (broad SMARTS) is 6. The summed E-state index contributed by atoms with van der Waals surface area (Å²) in [6.45, 7) is -0.453. The molecule has 6 N–H and O–H groups in total. The first-order valence-corrected chi connectivity index (χ1v) is 12.5. The van der Waals surface area contributed by atoms with Crippen molar-refractivity contribution < 1.29 is 111 Å². The Morgan fingerprint density at radius 1 is 0.302 bits per heavy atom. The molecule has 0 aromatic carbocycles. The van der Waals surface area contributed by atoms with Crippen molar-refractivity contribution in [3.8, 4) is 0 Å². The first-order chi connectivity index (χ1) is 19.6. The minimum Gasteiger partial charge on any atom is -0.550 e. The molecular formula is C24H42MoO18. The van der Waals surface area contributed by atoms with Gasteiger partial charge < -0.3 is 90.0 Å². The van der Waals surface area contributed by atoms with E-state index in [-0.39, 0.29) is 99.2 Å². The molecule has 19 heteroatoms. The van der Waals surface area contributed by atoms with Gasteiger partial charge in [0.1, 0.15) is 0 Å². The Morgan fingerprint density at radius 3 is 0.419 bits per heavy atom. The molecule has 43 heavy (non-hydrogen) atoms. The maximum absolute atomic E-state index is 9.54. The van der Waals surface area contributed by atoms with Crippen LogP contribution in [0.5, 0.6) is 0 Å². The minimum absolute atomic E-state index is 0. The van der Waals surface area contributed by atoms with E-state index in [1.54, 1.807) is 0 Å². The second-order valence-electron chi connectivity index (χ2n) is 7.20. The zero-order valence-corrected chi connectivity index (χ0v) is 25.7. The number of carboxylic acids is 6. The van der Waals surface area contributed by atoms with Gasteiger partial charge >= 0.3 is 21.1 Å². The Kier molecular flexibility index (Phi) is 67.8. The van der Waals surface area contributed by atoms with Crippen molar-refractivity contribution in [2.45, 2.75) is 77.0 Å². The van der Waals surface area contributed by atoms with Gasteiger partial charge in [0.25, 0.3) is 0 Å². The van der Waals surface area contributed by atoms with Crippen molar-refractivity contribution in [2.24, 2.45) is 0 Å². The van der Waals surface area contributed by atoms with Gasteiger partial charge in [-0.15, -0.1) is 0 Å². The Balaban J connectivity index is -0.0000000720. The summed E-state index contributed by atoms with van der Waals surface area (Å²) in [6, 6.07) is 0. The summed E-state index contributed by atoms with van der Waals surface area (Å²) in [5.74, 6) is -6.62. The minimum atomic E-state index is -1.10. The molecule has 0 unspecified atom stereocenters. The number of aliphatic hydroxyl groups excluding tert-OH is 6. The molecule has 0 heterocycles. The molecule has 0 radical (unpaired) electrons. The molecule has 0 aliphatic heterocycles. The third-order valence-corrected chi connectivity index (χ3v) is 3.23. The molecule has 0 bridgehead atoms. The summed E-state index contributed by atoms with van der Waals surface area (Å²) in [5.41, 5.74) is 0. The average Bonchev–Trinajstić information content (AvgIpc) is 2.91. The van der Waals surface area contributed by atoms with Crippen LogP contribution in [0.2, 0.25) is 0 Å². The number of carbonyl (C=O) groups is 6. The molecule has 0 saturated heterocycles. The van der Waals surface area contributed by atoms with Crippen LogP contribution < -0.4 is 30.6 Å². The number of carbonyl (C=O) groups excluding carboxylic acids is 6. The molecule has 0 rings (SSSR count). The quantitative estimate of drug-likeness (QED) is 0.0718. The Morgan fingerprint density at radius 2 is 0.395 bits per heavy atom. The fourth-order valence-corrected chi connectivity index (χ4v) is 1.34.